The molecule has 1 aliphatic carbocycles. The second-order valence-corrected chi connectivity index (χ2v) is 4.80. The lowest BCUT2D eigenvalue weighted by molar-refractivity contribution is -0.0825. The first-order chi connectivity index (χ1) is 5.44. The molecule has 0 spiro atoms. The van der Waals surface area contributed by atoms with Crippen molar-refractivity contribution in [2.45, 2.75) is 45.6 Å². The summed E-state index contributed by atoms with van der Waals surface area (Å²) in [7, 11) is 0. The number of hydrogen-bond donors (Lipinski definition) is 2. The zero-order valence-electron chi connectivity index (χ0n) is 8.43. The molecule has 0 saturated heterocycles. The molecule has 2 unspecified atom stereocenters. The van der Waals surface area contributed by atoms with Gasteiger partial charge in [0.1, 0.15) is 0 Å². The van der Waals surface area contributed by atoms with Crippen molar-refractivity contribution in [2.75, 3.05) is 6.54 Å². The van der Waals surface area contributed by atoms with Crippen molar-refractivity contribution in [2.24, 2.45) is 17.1 Å². The fraction of sp³-hybridized carbons (Fsp3) is 1.00. The van der Waals surface area contributed by atoms with E-state index in [1.165, 1.54) is 0 Å². The highest BCUT2D eigenvalue weighted by atomic mass is 16.3. The van der Waals surface area contributed by atoms with Gasteiger partial charge in [0, 0.05) is 0 Å². The first-order valence-electron chi connectivity index (χ1n) is 4.86. The summed E-state index contributed by atoms with van der Waals surface area (Å²) in [5.41, 5.74) is 5.12. The van der Waals surface area contributed by atoms with Crippen LogP contribution in [0.5, 0.6) is 0 Å². The summed E-state index contributed by atoms with van der Waals surface area (Å²) >= 11 is 0. The summed E-state index contributed by atoms with van der Waals surface area (Å²) in [4.78, 5) is 0. The highest BCUT2D eigenvalue weighted by molar-refractivity contribution is 5.01. The topological polar surface area (TPSA) is 46.2 Å². The maximum Gasteiger partial charge on any atom is 0.0735 e. The molecule has 1 aliphatic rings. The van der Waals surface area contributed by atoms with Crippen LogP contribution in [0, 0.1) is 11.3 Å². The van der Waals surface area contributed by atoms with Crippen LogP contribution in [0.25, 0.3) is 0 Å². The lowest BCUT2D eigenvalue weighted by Crippen LogP contribution is -2.48. The zero-order chi connectivity index (χ0) is 9.41. The summed E-state index contributed by atoms with van der Waals surface area (Å²) in [5.74, 6) is 0.218. The predicted molar refractivity (Wildman–Crippen MR) is 50.8 cm³/mol. The predicted octanol–water partition coefficient (Wildman–Crippen LogP) is 1.52. The fourth-order valence-corrected chi connectivity index (χ4v) is 2.46. The lowest BCUT2D eigenvalue weighted by Gasteiger charge is -2.41. The minimum atomic E-state index is -0.526. The summed E-state index contributed by atoms with van der Waals surface area (Å²) in [5, 5.41) is 10.4. The molecule has 0 aromatic heterocycles. The largest absolute Gasteiger partial charge is 0.389 e. The van der Waals surface area contributed by atoms with Gasteiger partial charge in [0.15, 0.2) is 0 Å². The molecule has 2 nitrogen and oxygen atoms in total. The Labute approximate surface area is 75.2 Å². The van der Waals surface area contributed by atoms with E-state index in [-0.39, 0.29) is 11.3 Å². The molecular weight excluding hydrogens is 150 g/mol. The molecule has 3 N–H and O–H groups in total. The summed E-state index contributed by atoms with van der Waals surface area (Å²) in [6.45, 7) is 6.92. The number of aliphatic hydroxyl groups is 1. The molecule has 2 atom stereocenters. The van der Waals surface area contributed by atoms with E-state index >= 15 is 0 Å². The molecule has 0 aromatic rings. The third-order valence-electron chi connectivity index (χ3n) is 3.70. The van der Waals surface area contributed by atoms with Gasteiger partial charge in [-0.05, 0) is 37.1 Å². The van der Waals surface area contributed by atoms with Gasteiger partial charge in [0.05, 0.1) is 5.60 Å². The van der Waals surface area contributed by atoms with Gasteiger partial charge >= 0.3 is 0 Å². The van der Waals surface area contributed by atoms with Crippen LogP contribution in [0.4, 0.5) is 0 Å². The number of nitrogens with two attached hydrogens (primary N) is 1. The smallest absolute Gasteiger partial charge is 0.0735 e. The van der Waals surface area contributed by atoms with E-state index in [0.29, 0.717) is 6.54 Å². The molecule has 0 radical (unpaired) electrons. The van der Waals surface area contributed by atoms with Gasteiger partial charge in [-0.3, -0.25) is 0 Å². The standard InChI is InChI=1S/C10H21NO/c1-8(7-11)10(12)6-4-5-9(10,2)3/h8,12H,4-7,11H2,1-3H3. The lowest BCUT2D eigenvalue weighted by atomic mass is 9.71. The Morgan fingerprint density at radius 1 is 1.42 bits per heavy atom. The van der Waals surface area contributed by atoms with Gasteiger partial charge in [0.25, 0.3) is 0 Å². The van der Waals surface area contributed by atoms with E-state index < -0.39 is 5.60 Å². The maximum absolute atomic E-state index is 10.4. The quantitative estimate of drug-likeness (QED) is 0.661. The van der Waals surface area contributed by atoms with Crippen molar-refractivity contribution in [3.05, 3.63) is 0 Å². The number of hydrogen-bond acceptors (Lipinski definition) is 2. The van der Waals surface area contributed by atoms with E-state index in [0.717, 1.165) is 19.3 Å². The first-order valence-corrected chi connectivity index (χ1v) is 4.86. The van der Waals surface area contributed by atoms with Crippen molar-refractivity contribution < 1.29 is 5.11 Å². The van der Waals surface area contributed by atoms with Crippen molar-refractivity contribution in [3.63, 3.8) is 0 Å². The van der Waals surface area contributed by atoms with Crippen molar-refractivity contribution in [1.29, 1.82) is 0 Å². The maximum atomic E-state index is 10.4. The van der Waals surface area contributed by atoms with Gasteiger partial charge in [-0.15, -0.1) is 0 Å². The molecule has 1 saturated carbocycles. The molecule has 1 rings (SSSR count). The normalized spacial score (nSPS) is 36.8. The molecule has 0 bridgehead atoms. The second-order valence-electron chi connectivity index (χ2n) is 4.80. The average molecular weight is 171 g/mol. The molecule has 12 heavy (non-hydrogen) atoms. The number of rotatable bonds is 2. The summed E-state index contributed by atoms with van der Waals surface area (Å²) in [6.07, 6.45) is 3.17. The van der Waals surface area contributed by atoms with Crippen LogP contribution in [0.15, 0.2) is 0 Å². The second kappa shape index (κ2) is 3.00. The summed E-state index contributed by atoms with van der Waals surface area (Å²) in [6, 6.07) is 0. The Bertz CT molecular complexity index is 167. The van der Waals surface area contributed by atoms with Gasteiger partial charge in [-0.1, -0.05) is 20.8 Å². The zero-order valence-corrected chi connectivity index (χ0v) is 8.43. The Kier molecular flexibility index (Phi) is 2.50. The van der Waals surface area contributed by atoms with Crippen LogP contribution in [0.1, 0.15) is 40.0 Å². The van der Waals surface area contributed by atoms with Crippen molar-refractivity contribution >= 4 is 0 Å². The summed E-state index contributed by atoms with van der Waals surface area (Å²) < 4.78 is 0. The van der Waals surface area contributed by atoms with E-state index in [1.54, 1.807) is 0 Å². The minimum absolute atomic E-state index is 0.0474. The molecule has 0 amide bonds. The molecule has 72 valence electrons. The molecule has 2 heteroatoms. The van der Waals surface area contributed by atoms with Crippen LogP contribution in [0.2, 0.25) is 0 Å². The Morgan fingerprint density at radius 2 is 2.00 bits per heavy atom. The van der Waals surface area contributed by atoms with Crippen molar-refractivity contribution in [3.8, 4) is 0 Å². The third kappa shape index (κ3) is 1.27. The molecular formula is C10H21NO. The van der Waals surface area contributed by atoms with Gasteiger partial charge in [-0.25, -0.2) is 0 Å². The van der Waals surface area contributed by atoms with E-state index in [9.17, 15) is 5.11 Å². The molecule has 0 aromatic carbocycles. The van der Waals surface area contributed by atoms with E-state index in [2.05, 4.69) is 13.8 Å². The van der Waals surface area contributed by atoms with Crippen LogP contribution < -0.4 is 5.73 Å². The average Bonchev–Trinajstić information content (AvgIpc) is 2.26. The van der Waals surface area contributed by atoms with Gasteiger partial charge in [0.2, 0.25) is 0 Å². The van der Waals surface area contributed by atoms with Crippen LogP contribution in [-0.4, -0.2) is 17.3 Å². The van der Waals surface area contributed by atoms with Gasteiger partial charge in [-0.2, -0.15) is 0 Å². The Balaban J connectivity index is 2.82. The monoisotopic (exact) mass is 171 g/mol. The Hall–Kier alpha value is -0.0800. The molecule has 0 heterocycles. The minimum Gasteiger partial charge on any atom is -0.389 e. The molecule has 0 aliphatic heterocycles. The highest BCUT2D eigenvalue weighted by Crippen LogP contribution is 2.49. The van der Waals surface area contributed by atoms with Crippen LogP contribution >= 0.6 is 0 Å². The van der Waals surface area contributed by atoms with Crippen molar-refractivity contribution in [1.82, 2.24) is 0 Å². The first kappa shape index (κ1) is 10.0. The SMILES string of the molecule is CC(CN)C1(O)CCCC1(C)C. The van der Waals surface area contributed by atoms with Crippen LogP contribution in [-0.2, 0) is 0 Å². The Morgan fingerprint density at radius 3 is 2.33 bits per heavy atom. The van der Waals surface area contributed by atoms with E-state index in [4.69, 9.17) is 5.73 Å². The highest BCUT2D eigenvalue weighted by Gasteiger charge is 2.50. The fourth-order valence-electron chi connectivity index (χ4n) is 2.46. The van der Waals surface area contributed by atoms with E-state index in [1.807, 2.05) is 6.92 Å². The third-order valence-corrected chi connectivity index (χ3v) is 3.70. The van der Waals surface area contributed by atoms with Crippen LogP contribution in [0.3, 0.4) is 0 Å². The molecule has 1 fully saturated rings. The van der Waals surface area contributed by atoms with Gasteiger partial charge < -0.3 is 10.8 Å².